The molecule has 3 heteroatoms. The van der Waals surface area contributed by atoms with Crippen molar-refractivity contribution >= 4 is 0 Å². The lowest BCUT2D eigenvalue weighted by Crippen LogP contribution is -2.33. The van der Waals surface area contributed by atoms with Gasteiger partial charge in [0.2, 0.25) is 0 Å². The fourth-order valence-corrected chi connectivity index (χ4v) is 2.86. The van der Waals surface area contributed by atoms with Gasteiger partial charge in [-0.2, -0.15) is 0 Å². The van der Waals surface area contributed by atoms with E-state index in [4.69, 9.17) is 10.2 Å². The number of hydrogen-bond donors (Lipinski definition) is 2. The lowest BCUT2D eigenvalue weighted by atomic mass is 9.97. The van der Waals surface area contributed by atoms with E-state index in [0.717, 1.165) is 24.3 Å². The van der Waals surface area contributed by atoms with Gasteiger partial charge in [-0.25, -0.2) is 0 Å². The smallest absolute Gasteiger partial charge is 0.0950 e. The fraction of sp³-hybridized carbons (Fsp3) is 0.714. The predicted octanol–water partition coefficient (Wildman–Crippen LogP) is 2.31. The maximum Gasteiger partial charge on any atom is 0.0950 e. The quantitative estimate of drug-likeness (QED) is 0.761. The van der Waals surface area contributed by atoms with E-state index in [2.05, 4.69) is 5.32 Å². The molecule has 1 atom stereocenters. The van der Waals surface area contributed by atoms with Gasteiger partial charge in [0.1, 0.15) is 0 Å². The second kappa shape index (κ2) is 4.83. The molecule has 2 aliphatic carbocycles. The van der Waals surface area contributed by atoms with Crippen molar-refractivity contribution in [2.75, 3.05) is 13.1 Å². The number of rotatable bonds is 7. The molecule has 17 heavy (non-hydrogen) atoms. The molecule has 3 N–H and O–H groups in total. The molecule has 0 amide bonds. The highest BCUT2D eigenvalue weighted by Gasteiger charge is 2.41. The summed E-state index contributed by atoms with van der Waals surface area (Å²) in [7, 11) is 0. The molecule has 0 saturated heterocycles. The summed E-state index contributed by atoms with van der Waals surface area (Å²) < 4.78 is 5.13. The third-order valence-electron chi connectivity index (χ3n) is 4.24. The third-order valence-corrected chi connectivity index (χ3v) is 4.24. The lowest BCUT2D eigenvalue weighted by Gasteiger charge is -2.21. The SMILES string of the molecule is NCC(NCC(C1CC1)C1CC1)c1ccoc1. The van der Waals surface area contributed by atoms with Crippen LogP contribution in [0.4, 0.5) is 0 Å². The van der Waals surface area contributed by atoms with Crippen LogP contribution in [0.2, 0.25) is 0 Å². The Hall–Kier alpha value is -0.800. The van der Waals surface area contributed by atoms with Crippen LogP contribution >= 0.6 is 0 Å². The van der Waals surface area contributed by atoms with E-state index < -0.39 is 0 Å². The molecule has 0 radical (unpaired) electrons. The summed E-state index contributed by atoms with van der Waals surface area (Å²) in [4.78, 5) is 0. The monoisotopic (exact) mass is 234 g/mol. The van der Waals surface area contributed by atoms with Crippen LogP contribution in [0, 0.1) is 17.8 Å². The standard InChI is InChI=1S/C14H22N2O/c15-7-14(12-5-6-17-9-12)16-8-13(10-1-2-10)11-3-4-11/h5-6,9-11,13-14,16H,1-4,7-8,15H2. The number of nitrogens with one attached hydrogen (secondary N) is 1. The Balaban J connectivity index is 1.54. The first kappa shape index (κ1) is 11.3. The van der Waals surface area contributed by atoms with Crippen LogP contribution in [0.3, 0.4) is 0 Å². The van der Waals surface area contributed by atoms with Gasteiger partial charge in [-0.05, 0) is 56.0 Å². The number of hydrogen-bond acceptors (Lipinski definition) is 3. The summed E-state index contributed by atoms with van der Waals surface area (Å²) in [5.41, 5.74) is 7.01. The highest BCUT2D eigenvalue weighted by Crippen LogP contribution is 2.48. The van der Waals surface area contributed by atoms with Crippen LogP contribution in [0.15, 0.2) is 23.0 Å². The largest absolute Gasteiger partial charge is 0.472 e. The van der Waals surface area contributed by atoms with Crippen molar-refractivity contribution in [2.24, 2.45) is 23.5 Å². The Bertz CT molecular complexity index is 329. The average molecular weight is 234 g/mol. The molecule has 0 aliphatic heterocycles. The van der Waals surface area contributed by atoms with E-state index in [1.54, 1.807) is 12.5 Å². The van der Waals surface area contributed by atoms with Gasteiger partial charge in [-0.3, -0.25) is 0 Å². The molecule has 94 valence electrons. The van der Waals surface area contributed by atoms with Gasteiger partial charge in [0, 0.05) is 18.2 Å². The Kier molecular flexibility index (Phi) is 3.21. The van der Waals surface area contributed by atoms with Crippen molar-refractivity contribution in [1.82, 2.24) is 5.32 Å². The summed E-state index contributed by atoms with van der Waals surface area (Å²) in [5.74, 6) is 2.89. The van der Waals surface area contributed by atoms with E-state index in [0.29, 0.717) is 6.54 Å². The molecule has 1 aromatic heterocycles. The maximum atomic E-state index is 5.83. The first-order valence-corrected chi connectivity index (χ1v) is 6.84. The van der Waals surface area contributed by atoms with Crippen molar-refractivity contribution in [1.29, 1.82) is 0 Å². The summed E-state index contributed by atoms with van der Waals surface area (Å²) in [5, 5.41) is 3.63. The van der Waals surface area contributed by atoms with Crippen molar-refractivity contribution in [2.45, 2.75) is 31.7 Å². The van der Waals surface area contributed by atoms with Gasteiger partial charge in [0.05, 0.1) is 12.5 Å². The molecule has 3 nitrogen and oxygen atoms in total. The van der Waals surface area contributed by atoms with Crippen LogP contribution in [0.5, 0.6) is 0 Å². The van der Waals surface area contributed by atoms with Crippen LogP contribution < -0.4 is 11.1 Å². The zero-order valence-electron chi connectivity index (χ0n) is 10.3. The Labute approximate surface area is 103 Å². The molecule has 0 spiro atoms. The minimum atomic E-state index is 0.258. The maximum absolute atomic E-state index is 5.83. The fourth-order valence-electron chi connectivity index (χ4n) is 2.86. The summed E-state index contributed by atoms with van der Waals surface area (Å²) in [6.45, 7) is 1.77. The summed E-state index contributed by atoms with van der Waals surface area (Å²) in [6, 6.07) is 2.27. The van der Waals surface area contributed by atoms with E-state index in [1.165, 1.54) is 31.2 Å². The van der Waals surface area contributed by atoms with Gasteiger partial charge < -0.3 is 15.5 Å². The molecule has 0 bridgehead atoms. The van der Waals surface area contributed by atoms with Gasteiger partial charge in [-0.15, -0.1) is 0 Å². The third kappa shape index (κ3) is 2.72. The minimum absolute atomic E-state index is 0.258. The molecule has 1 heterocycles. The van der Waals surface area contributed by atoms with Crippen molar-refractivity contribution < 1.29 is 4.42 Å². The van der Waals surface area contributed by atoms with Crippen molar-refractivity contribution in [3.8, 4) is 0 Å². The number of furan rings is 1. The molecule has 3 rings (SSSR count). The van der Waals surface area contributed by atoms with Gasteiger partial charge in [0.15, 0.2) is 0 Å². The molecule has 2 saturated carbocycles. The zero-order valence-corrected chi connectivity index (χ0v) is 10.3. The zero-order chi connectivity index (χ0) is 11.7. The van der Waals surface area contributed by atoms with E-state index in [-0.39, 0.29) is 6.04 Å². The molecular weight excluding hydrogens is 212 g/mol. The second-order valence-electron chi connectivity index (χ2n) is 5.59. The molecule has 2 fully saturated rings. The van der Waals surface area contributed by atoms with E-state index >= 15 is 0 Å². The molecule has 0 aromatic carbocycles. The van der Waals surface area contributed by atoms with E-state index in [9.17, 15) is 0 Å². The Morgan fingerprint density at radius 2 is 2.00 bits per heavy atom. The number of nitrogens with two attached hydrogens (primary N) is 1. The van der Waals surface area contributed by atoms with Crippen LogP contribution in [-0.4, -0.2) is 13.1 Å². The molecule has 2 aliphatic rings. The van der Waals surface area contributed by atoms with Crippen molar-refractivity contribution in [3.63, 3.8) is 0 Å². The molecule has 1 unspecified atom stereocenters. The van der Waals surface area contributed by atoms with Gasteiger partial charge in [0.25, 0.3) is 0 Å². The first-order valence-electron chi connectivity index (χ1n) is 6.84. The second-order valence-corrected chi connectivity index (χ2v) is 5.59. The minimum Gasteiger partial charge on any atom is -0.472 e. The van der Waals surface area contributed by atoms with Gasteiger partial charge >= 0.3 is 0 Å². The first-order chi connectivity index (χ1) is 8.38. The predicted molar refractivity (Wildman–Crippen MR) is 67.4 cm³/mol. The Morgan fingerprint density at radius 1 is 1.29 bits per heavy atom. The van der Waals surface area contributed by atoms with Crippen molar-refractivity contribution in [3.05, 3.63) is 24.2 Å². The summed E-state index contributed by atoms with van der Waals surface area (Å²) in [6.07, 6.45) is 9.31. The molecule has 1 aromatic rings. The highest BCUT2D eigenvalue weighted by molar-refractivity contribution is 5.12. The van der Waals surface area contributed by atoms with E-state index in [1.807, 2.05) is 6.07 Å². The van der Waals surface area contributed by atoms with Crippen LogP contribution in [0.1, 0.15) is 37.3 Å². The summed E-state index contributed by atoms with van der Waals surface area (Å²) >= 11 is 0. The van der Waals surface area contributed by atoms with Gasteiger partial charge in [-0.1, -0.05) is 0 Å². The Morgan fingerprint density at radius 3 is 2.47 bits per heavy atom. The highest BCUT2D eigenvalue weighted by atomic mass is 16.3. The van der Waals surface area contributed by atoms with Crippen LogP contribution in [0.25, 0.3) is 0 Å². The topological polar surface area (TPSA) is 51.2 Å². The average Bonchev–Trinajstić information content (AvgIpc) is 3.27. The molecular formula is C14H22N2O. The van der Waals surface area contributed by atoms with Crippen LogP contribution in [-0.2, 0) is 0 Å². The lowest BCUT2D eigenvalue weighted by molar-refractivity contribution is 0.357. The normalized spacial score (nSPS) is 22.0.